The van der Waals surface area contributed by atoms with Gasteiger partial charge in [-0.25, -0.2) is 0 Å². The van der Waals surface area contributed by atoms with Crippen LogP contribution in [0.25, 0.3) is 64.3 Å². The van der Waals surface area contributed by atoms with E-state index in [1.807, 2.05) is 11.3 Å². The number of anilines is 5. The van der Waals surface area contributed by atoms with Gasteiger partial charge in [0, 0.05) is 53.9 Å². The Hall–Kier alpha value is -6.88. The lowest BCUT2D eigenvalue weighted by Crippen LogP contribution is -2.41. The van der Waals surface area contributed by atoms with Gasteiger partial charge in [-0.05, 0) is 123 Å². The summed E-state index contributed by atoms with van der Waals surface area (Å²) in [7, 11) is 2.45. The molecular weight excluding hydrogens is 756 g/mol. The van der Waals surface area contributed by atoms with E-state index < -0.39 is 0 Å². The van der Waals surface area contributed by atoms with Crippen molar-refractivity contribution >= 4 is 88.9 Å². The third kappa shape index (κ3) is 5.62. The molecule has 0 fully saturated rings. The van der Waals surface area contributed by atoms with Crippen molar-refractivity contribution in [2.24, 2.45) is 0 Å². The summed E-state index contributed by atoms with van der Waals surface area (Å²) in [6, 6.07) is 65.3. The average Bonchev–Trinajstić information content (AvgIpc) is 3.76. The van der Waals surface area contributed by atoms with Crippen molar-refractivity contribution in [1.82, 2.24) is 0 Å². The fourth-order valence-electron chi connectivity index (χ4n) is 10.2. The molecule has 1 N–H and O–H groups in total. The summed E-state index contributed by atoms with van der Waals surface area (Å²) in [6.45, 7) is 9.21. The third-order valence-corrected chi connectivity index (χ3v) is 14.4. The Morgan fingerprint density at radius 1 is 0.508 bits per heavy atom. The van der Waals surface area contributed by atoms with Gasteiger partial charge in [0.25, 0.3) is 0 Å². The Bertz CT molecular complexity index is 3430. The molecule has 1 radical (unpaired) electrons. The van der Waals surface area contributed by atoms with Gasteiger partial charge >= 0.3 is 0 Å². The third-order valence-electron chi connectivity index (χ3n) is 13.2. The van der Waals surface area contributed by atoms with E-state index in [0.717, 1.165) is 11.4 Å². The summed E-state index contributed by atoms with van der Waals surface area (Å²) in [4.78, 5) is 2.53. The number of nitrogens with one attached hydrogen (secondary N) is 1. The lowest BCUT2D eigenvalue weighted by Gasteiger charge is -2.36. The molecule has 0 atom stereocenters. The molecule has 2 nitrogen and oxygen atoms in total. The van der Waals surface area contributed by atoms with Crippen molar-refractivity contribution in [3.63, 3.8) is 0 Å². The van der Waals surface area contributed by atoms with Gasteiger partial charge < -0.3 is 10.2 Å². The van der Waals surface area contributed by atoms with E-state index in [1.54, 1.807) is 0 Å². The molecule has 1 aliphatic heterocycles. The molecule has 10 aromatic rings. The van der Waals surface area contributed by atoms with Crippen LogP contribution >= 0.6 is 11.3 Å². The highest BCUT2D eigenvalue weighted by Crippen LogP contribution is 2.50. The molecule has 0 saturated carbocycles. The largest absolute Gasteiger partial charge is 0.355 e. The quantitative estimate of drug-likeness (QED) is 0.175. The van der Waals surface area contributed by atoms with Crippen molar-refractivity contribution in [3.8, 4) is 33.4 Å². The molecular formula is C57H42BN2S. The molecule has 4 heteroatoms. The number of fused-ring (bicyclic) bond motifs is 9. The minimum atomic E-state index is -0.0940. The Labute approximate surface area is 362 Å². The fourth-order valence-corrected chi connectivity index (χ4v) is 11.4. The molecule has 1 aliphatic carbocycles. The summed E-state index contributed by atoms with van der Waals surface area (Å²) in [6.07, 6.45) is 0. The molecule has 0 unspecified atom stereocenters. The van der Waals surface area contributed by atoms with Gasteiger partial charge in [0.1, 0.15) is 0 Å². The number of aryl methyl sites for hydroxylation is 2. The molecule has 2 aliphatic rings. The van der Waals surface area contributed by atoms with Crippen LogP contribution in [0.5, 0.6) is 0 Å². The molecule has 61 heavy (non-hydrogen) atoms. The Balaban J connectivity index is 1.07. The van der Waals surface area contributed by atoms with E-state index in [4.69, 9.17) is 0 Å². The summed E-state index contributed by atoms with van der Waals surface area (Å²) >= 11 is 1.88. The van der Waals surface area contributed by atoms with Crippen molar-refractivity contribution < 1.29 is 0 Å². The molecule has 2 heterocycles. The normalized spacial score (nSPS) is 13.5. The maximum Gasteiger partial charge on any atom is 0.197 e. The second-order valence-electron chi connectivity index (χ2n) is 17.4. The van der Waals surface area contributed by atoms with Gasteiger partial charge in [0.05, 0.1) is 5.69 Å². The molecule has 9 aromatic carbocycles. The summed E-state index contributed by atoms with van der Waals surface area (Å²) in [5.74, 6) is 0. The maximum atomic E-state index is 4.04. The predicted octanol–water partition coefficient (Wildman–Crippen LogP) is 14.6. The molecule has 1 aromatic heterocycles. The first-order chi connectivity index (χ1) is 29.8. The highest BCUT2D eigenvalue weighted by molar-refractivity contribution is 7.25. The van der Waals surface area contributed by atoms with Gasteiger partial charge in [-0.3, -0.25) is 0 Å². The second kappa shape index (κ2) is 13.6. The van der Waals surface area contributed by atoms with Crippen LogP contribution in [0, 0.1) is 13.8 Å². The highest BCUT2D eigenvalue weighted by atomic mass is 32.1. The van der Waals surface area contributed by atoms with Crippen LogP contribution in [-0.2, 0) is 5.41 Å². The number of rotatable bonds is 5. The zero-order valence-electron chi connectivity index (χ0n) is 34.7. The number of benzene rings is 9. The van der Waals surface area contributed by atoms with Crippen LogP contribution in [-0.4, -0.2) is 7.28 Å². The monoisotopic (exact) mass is 797 g/mol. The van der Waals surface area contributed by atoms with E-state index in [0.29, 0.717) is 0 Å². The molecule has 0 amide bonds. The molecule has 0 spiro atoms. The number of hydrogen-bond acceptors (Lipinski definition) is 3. The van der Waals surface area contributed by atoms with Crippen LogP contribution in [0.1, 0.15) is 36.1 Å². The molecule has 0 bridgehead atoms. The molecule has 289 valence electrons. The van der Waals surface area contributed by atoms with E-state index >= 15 is 0 Å². The topological polar surface area (TPSA) is 15.3 Å². The van der Waals surface area contributed by atoms with Gasteiger partial charge in [0.2, 0.25) is 0 Å². The van der Waals surface area contributed by atoms with E-state index in [1.165, 1.54) is 115 Å². The van der Waals surface area contributed by atoms with Crippen LogP contribution < -0.4 is 21.1 Å². The Kier molecular flexibility index (Phi) is 8.01. The maximum absolute atomic E-state index is 4.04. The van der Waals surface area contributed by atoms with E-state index in [2.05, 4.69) is 221 Å². The average molecular weight is 798 g/mol. The lowest BCUT2D eigenvalue weighted by molar-refractivity contribution is 0.660. The zero-order chi connectivity index (χ0) is 41.0. The van der Waals surface area contributed by atoms with Crippen molar-refractivity contribution in [2.75, 3.05) is 10.2 Å². The number of nitrogens with zero attached hydrogens (tertiary/aromatic N) is 1. The first-order valence-electron chi connectivity index (χ1n) is 21.2. The van der Waals surface area contributed by atoms with E-state index in [-0.39, 0.29) is 5.41 Å². The van der Waals surface area contributed by atoms with Gasteiger partial charge in [-0.15, -0.1) is 11.3 Å². The van der Waals surface area contributed by atoms with Crippen molar-refractivity contribution in [1.29, 1.82) is 0 Å². The Morgan fingerprint density at radius 3 is 2.13 bits per heavy atom. The number of thiophene rings is 1. The minimum absolute atomic E-state index is 0.0940. The lowest BCUT2D eigenvalue weighted by atomic mass is 9.57. The smallest absolute Gasteiger partial charge is 0.197 e. The van der Waals surface area contributed by atoms with Gasteiger partial charge in [0.15, 0.2) is 7.28 Å². The van der Waals surface area contributed by atoms with Crippen LogP contribution in [0.2, 0.25) is 0 Å². The van der Waals surface area contributed by atoms with Crippen LogP contribution in [0.4, 0.5) is 28.4 Å². The summed E-state index contributed by atoms with van der Waals surface area (Å²) in [5, 5.41) is 9.07. The standard InChI is InChI=1S/C57H42BN2S/c1-34-28-46(44-25-22-37-16-8-9-17-40(37)56(44)59-39-24-26-42-41-18-10-12-20-47(41)57(3,4)48(42)31-39)55-52(29-34)60(50-27-23-38(30-35(50)2)36-14-6-5-7-15-36)51-33-54-45(32-49(51)58-55)43-19-11-13-21-53(43)61-54/h5-33,59H,1-4H3. The molecule has 0 saturated heterocycles. The Morgan fingerprint density at radius 2 is 1.26 bits per heavy atom. The second-order valence-corrected chi connectivity index (χ2v) is 18.4. The summed E-state index contributed by atoms with van der Waals surface area (Å²) < 4.78 is 2.62. The van der Waals surface area contributed by atoms with Crippen LogP contribution in [0.3, 0.4) is 0 Å². The zero-order valence-corrected chi connectivity index (χ0v) is 35.5. The predicted molar refractivity (Wildman–Crippen MR) is 264 cm³/mol. The fraction of sp³-hybridized carbons (Fsp3) is 0.0877. The van der Waals surface area contributed by atoms with E-state index in [9.17, 15) is 0 Å². The first kappa shape index (κ1) is 36.0. The SMILES string of the molecule is Cc1cc(-c2ccc3ccccc3c2Nc2ccc3c(c2)C(C)(C)c2ccccc2-3)c2c(c1)N(c1ccc(-c3ccccc3)cc1C)c1cc3sc4ccccc4c3cc1[B]2. The summed E-state index contributed by atoms with van der Waals surface area (Å²) in [5.41, 5.74) is 20.8. The van der Waals surface area contributed by atoms with Gasteiger partial charge in [-0.2, -0.15) is 0 Å². The first-order valence-corrected chi connectivity index (χ1v) is 22.1. The molecule has 12 rings (SSSR count). The highest BCUT2D eigenvalue weighted by Gasteiger charge is 2.35. The van der Waals surface area contributed by atoms with Gasteiger partial charge in [-0.1, -0.05) is 153 Å². The van der Waals surface area contributed by atoms with Crippen molar-refractivity contribution in [2.45, 2.75) is 33.1 Å². The minimum Gasteiger partial charge on any atom is -0.355 e. The van der Waals surface area contributed by atoms with Crippen molar-refractivity contribution in [3.05, 3.63) is 198 Å². The number of hydrogen-bond donors (Lipinski definition) is 1. The van der Waals surface area contributed by atoms with Crippen LogP contribution in [0.15, 0.2) is 176 Å².